The summed E-state index contributed by atoms with van der Waals surface area (Å²) in [7, 11) is 0. The lowest BCUT2D eigenvalue weighted by Crippen LogP contribution is -2.37. The third kappa shape index (κ3) is 4.57. The molecule has 1 unspecified atom stereocenters. The molecule has 3 rings (SSSR count). The Kier molecular flexibility index (Phi) is 6.20. The summed E-state index contributed by atoms with van der Waals surface area (Å²) in [6.07, 6.45) is 0.837. The SMILES string of the molecule is I.NC(=NCc1ccc(F)cc1)NC1CCOc2ccccc21. The molecule has 1 atom stereocenters. The van der Waals surface area contributed by atoms with Gasteiger partial charge in [0.1, 0.15) is 11.6 Å². The summed E-state index contributed by atoms with van der Waals surface area (Å²) in [5.41, 5.74) is 7.97. The number of nitrogens with zero attached hydrogens (tertiary/aromatic N) is 1. The average Bonchev–Trinajstić information content (AvgIpc) is 2.55. The zero-order chi connectivity index (χ0) is 15.4. The van der Waals surface area contributed by atoms with Crippen LogP contribution in [0.15, 0.2) is 53.5 Å². The molecule has 1 aliphatic rings. The molecule has 0 aromatic heterocycles. The maximum absolute atomic E-state index is 12.9. The van der Waals surface area contributed by atoms with Crippen LogP contribution in [-0.2, 0) is 6.54 Å². The molecule has 1 heterocycles. The first-order chi connectivity index (χ1) is 10.7. The Balaban J connectivity index is 0.00000192. The third-order valence-corrected chi connectivity index (χ3v) is 3.63. The number of rotatable bonds is 3. The van der Waals surface area contributed by atoms with Crippen molar-refractivity contribution < 1.29 is 9.13 Å². The minimum atomic E-state index is -0.252. The van der Waals surface area contributed by atoms with E-state index in [0.29, 0.717) is 19.1 Å². The highest BCUT2D eigenvalue weighted by molar-refractivity contribution is 14.0. The number of guanidine groups is 1. The molecule has 0 fully saturated rings. The standard InChI is InChI=1S/C17H18FN3O.HI/c18-13-7-5-12(6-8-13)11-20-17(19)21-15-9-10-22-16-4-2-1-3-14(15)16;/h1-8,15H,9-11H2,(H3,19,20,21);1H. The van der Waals surface area contributed by atoms with E-state index in [1.54, 1.807) is 12.1 Å². The summed E-state index contributed by atoms with van der Waals surface area (Å²) in [6, 6.07) is 14.3. The second-order valence-corrected chi connectivity index (χ2v) is 5.20. The monoisotopic (exact) mass is 427 g/mol. The van der Waals surface area contributed by atoms with Gasteiger partial charge in [0.2, 0.25) is 0 Å². The van der Waals surface area contributed by atoms with Gasteiger partial charge in [0.15, 0.2) is 5.96 Å². The van der Waals surface area contributed by atoms with Crippen LogP contribution in [-0.4, -0.2) is 12.6 Å². The fourth-order valence-electron chi connectivity index (χ4n) is 2.48. The van der Waals surface area contributed by atoms with Crippen LogP contribution in [0.2, 0.25) is 0 Å². The molecule has 4 nitrogen and oxygen atoms in total. The van der Waals surface area contributed by atoms with E-state index in [4.69, 9.17) is 10.5 Å². The maximum Gasteiger partial charge on any atom is 0.189 e. The number of fused-ring (bicyclic) bond motifs is 1. The van der Waals surface area contributed by atoms with E-state index >= 15 is 0 Å². The third-order valence-electron chi connectivity index (χ3n) is 3.63. The van der Waals surface area contributed by atoms with Crippen molar-refractivity contribution in [2.75, 3.05) is 6.61 Å². The molecule has 122 valence electrons. The molecule has 23 heavy (non-hydrogen) atoms. The maximum atomic E-state index is 12.9. The van der Waals surface area contributed by atoms with Gasteiger partial charge in [0, 0.05) is 12.0 Å². The fraction of sp³-hybridized carbons (Fsp3) is 0.235. The zero-order valence-corrected chi connectivity index (χ0v) is 14.9. The van der Waals surface area contributed by atoms with Gasteiger partial charge in [0.25, 0.3) is 0 Å². The number of para-hydroxylation sites is 1. The van der Waals surface area contributed by atoms with Gasteiger partial charge in [-0.1, -0.05) is 30.3 Å². The number of nitrogens with two attached hydrogens (primary N) is 1. The summed E-state index contributed by atoms with van der Waals surface area (Å²) < 4.78 is 18.5. The van der Waals surface area contributed by atoms with Crippen molar-refractivity contribution in [1.82, 2.24) is 5.32 Å². The molecule has 0 radical (unpaired) electrons. The van der Waals surface area contributed by atoms with Crippen molar-refractivity contribution in [3.8, 4) is 5.75 Å². The molecule has 0 spiro atoms. The zero-order valence-electron chi connectivity index (χ0n) is 12.5. The van der Waals surface area contributed by atoms with E-state index in [1.807, 2.05) is 24.3 Å². The van der Waals surface area contributed by atoms with Crippen LogP contribution >= 0.6 is 24.0 Å². The molecule has 2 aromatic carbocycles. The van der Waals surface area contributed by atoms with Crippen molar-refractivity contribution >= 4 is 29.9 Å². The first-order valence-electron chi connectivity index (χ1n) is 7.25. The Bertz CT molecular complexity index is 676. The molecule has 0 amide bonds. The van der Waals surface area contributed by atoms with E-state index in [-0.39, 0.29) is 35.8 Å². The number of halogens is 2. The number of hydrogen-bond acceptors (Lipinski definition) is 2. The highest BCUT2D eigenvalue weighted by Crippen LogP contribution is 2.31. The van der Waals surface area contributed by atoms with Crippen LogP contribution in [0, 0.1) is 5.82 Å². The molecular weight excluding hydrogens is 408 g/mol. The lowest BCUT2D eigenvalue weighted by Gasteiger charge is -2.26. The summed E-state index contributed by atoms with van der Waals surface area (Å²) in [4.78, 5) is 4.31. The van der Waals surface area contributed by atoms with Gasteiger partial charge >= 0.3 is 0 Å². The summed E-state index contributed by atoms with van der Waals surface area (Å²) in [5.74, 6) is 1.02. The quantitative estimate of drug-likeness (QED) is 0.449. The van der Waals surface area contributed by atoms with Gasteiger partial charge in [-0.15, -0.1) is 24.0 Å². The lowest BCUT2D eigenvalue weighted by molar-refractivity contribution is 0.262. The molecule has 0 bridgehead atoms. The predicted molar refractivity (Wildman–Crippen MR) is 99.6 cm³/mol. The summed E-state index contributed by atoms with van der Waals surface area (Å²) in [5, 5.41) is 3.23. The molecule has 0 saturated heterocycles. The largest absolute Gasteiger partial charge is 0.493 e. The smallest absolute Gasteiger partial charge is 0.189 e. The molecule has 6 heteroatoms. The second kappa shape index (κ2) is 8.14. The van der Waals surface area contributed by atoms with E-state index < -0.39 is 0 Å². The summed E-state index contributed by atoms with van der Waals surface area (Å²) >= 11 is 0. The van der Waals surface area contributed by atoms with Crippen LogP contribution in [0.5, 0.6) is 5.75 Å². The Hall–Kier alpha value is -1.83. The number of ether oxygens (including phenoxy) is 1. The van der Waals surface area contributed by atoms with Crippen molar-refractivity contribution in [2.24, 2.45) is 10.7 Å². The van der Waals surface area contributed by atoms with Crippen LogP contribution in [0.4, 0.5) is 4.39 Å². The number of benzene rings is 2. The molecule has 3 N–H and O–H groups in total. The lowest BCUT2D eigenvalue weighted by atomic mass is 10.0. The van der Waals surface area contributed by atoms with Crippen LogP contribution in [0.1, 0.15) is 23.6 Å². The summed E-state index contributed by atoms with van der Waals surface area (Å²) in [6.45, 7) is 1.07. The normalized spacial score (nSPS) is 16.7. The number of nitrogens with one attached hydrogen (secondary N) is 1. The predicted octanol–water partition coefficient (Wildman–Crippen LogP) is 3.37. The van der Waals surface area contributed by atoms with Gasteiger partial charge in [0.05, 0.1) is 19.2 Å². The van der Waals surface area contributed by atoms with E-state index in [1.165, 1.54) is 12.1 Å². The fourth-order valence-corrected chi connectivity index (χ4v) is 2.48. The molecule has 2 aromatic rings. The molecular formula is C17H19FIN3O. The Morgan fingerprint density at radius 2 is 1.96 bits per heavy atom. The van der Waals surface area contributed by atoms with Crippen molar-refractivity contribution in [1.29, 1.82) is 0 Å². The van der Waals surface area contributed by atoms with Gasteiger partial charge in [-0.2, -0.15) is 0 Å². The van der Waals surface area contributed by atoms with Crippen LogP contribution < -0.4 is 15.8 Å². The second-order valence-electron chi connectivity index (χ2n) is 5.20. The van der Waals surface area contributed by atoms with Gasteiger partial charge in [-0.3, -0.25) is 0 Å². The Morgan fingerprint density at radius 3 is 2.74 bits per heavy atom. The first-order valence-corrected chi connectivity index (χ1v) is 7.25. The Morgan fingerprint density at radius 1 is 1.22 bits per heavy atom. The van der Waals surface area contributed by atoms with Crippen LogP contribution in [0.25, 0.3) is 0 Å². The first kappa shape index (κ1) is 17.5. The van der Waals surface area contributed by atoms with Gasteiger partial charge in [-0.25, -0.2) is 9.38 Å². The highest BCUT2D eigenvalue weighted by atomic mass is 127. The minimum absolute atomic E-state index is 0. The Labute approximate surface area is 152 Å². The topological polar surface area (TPSA) is 59.6 Å². The van der Waals surface area contributed by atoms with E-state index in [9.17, 15) is 4.39 Å². The average molecular weight is 427 g/mol. The molecule has 0 saturated carbocycles. The minimum Gasteiger partial charge on any atom is -0.493 e. The van der Waals surface area contributed by atoms with Crippen molar-refractivity contribution in [3.63, 3.8) is 0 Å². The van der Waals surface area contributed by atoms with Crippen molar-refractivity contribution in [2.45, 2.75) is 19.0 Å². The van der Waals surface area contributed by atoms with Gasteiger partial charge in [-0.05, 0) is 23.8 Å². The molecule has 0 aliphatic carbocycles. The highest BCUT2D eigenvalue weighted by Gasteiger charge is 2.21. The molecule has 1 aliphatic heterocycles. The van der Waals surface area contributed by atoms with Crippen LogP contribution in [0.3, 0.4) is 0 Å². The number of hydrogen-bond donors (Lipinski definition) is 2. The number of aliphatic imine (C=N–C) groups is 1. The van der Waals surface area contributed by atoms with E-state index in [0.717, 1.165) is 23.3 Å². The van der Waals surface area contributed by atoms with Crippen molar-refractivity contribution in [3.05, 3.63) is 65.5 Å². The van der Waals surface area contributed by atoms with E-state index in [2.05, 4.69) is 10.3 Å². The van der Waals surface area contributed by atoms with Gasteiger partial charge < -0.3 is 15.8 Å².